The van der Waals surface area contributed by atoms with Gasteiger partial charge in [-0.05, 0) is 103 Å². The zero-order valence-corrected chi connectivity index (χ0v) is 41.9. The Morgan fingerprint density at radius 1 is 0.812 bits per heavy atom. The van der Waals surface area contributed by atoms with Crippen molar-refractivity contribution in [2.45, 2.75) is 87.5 Å². The first kappa shape index (κ1) is 56.5. The number of rotatable bonds is 21. The Morgan fingerprint density at radius 3 is 2.10 bits per heavy atom. The SMILES string of the molecule is CC1(C)C(=CC=C(C=CC2N(CCCCS(=O)(=O)O)c3ccc4c(S(=O)(=O)O)cc(S(=O)(=O)O)cc4c3C2(C)C)c2cccc(OCCCCO)c2)N=C2C1=CC(Cl)=CN2CCCCS(=O)(=O)O.[NaH]. The molecule has 5 N–H and O–H groups in total. The molecule has 0 bridgehead atoms. The van der Waals surface area contributed by atoms with Gasteiger partial charge in [0.2, 0.25) is 0 Å². The van der Waals surface area contributed by atoms with Crippen molar-refractivity contribution in [2.24, 2.45) is 10.4 Å². The first-order valence-electron chi connectivity index (χ1n) is 21.7. The molecule has 23 heteroatoms. The molecule has 0 saturated carbocycles. The van der Waals surface area contributed by atoms with E-state index in [1.165, 1.54) is 6.07 Å². The van der Waals surface area contributed by atoms with E-state index < -0.39 is 72.9 Å². The Kier molecular flexibility index (Phi) is 18.1. The van der Waals surface area contributed by atoms with Crippen molar-refractivity contribution < 1.29 is 61.7 Å². The van der Waals surface area contributed by atoms with Crippen molar-refractivity contribution >= 4 is 109 Å². The topological polar surface area (TPSA) is 266 Å². The van der Waals surface area contributed by atoms with Gasteiger partial charge in [0.05, 0.1) is 39.8 Å². The standard InChI is InChI=1S/C46H56ClN3O14S4.Na.H/c1-45(2)38-27-33(47)30-49(20-5-9-24-65(52,53)54)44(38)48-41(45)18-14-31(32-12-11-13-34(26-32)64-23-8-7-22-51)15-19-42-46(3,4)43-37-28-35(67(58,59)60)29-40(68(61,62)63)36(37)16-17-39(43)50(42)21-6-10-25-66(55,56)57;;/h11-19,26-30,42,51H,5-10,20-25H2,1-4H3,(H,52,53,54)(H,55,56,57)(H,58,59,60)(H,61,62,63);;. The molecule has 0 amide bonds. The summed E-state index contributed by atoms with van der Waals surface area (Å²) in [7, 11) is -18.4. The van der Waals surface area contributed by atoms with Gasteiger partial charge in [0.15, 0.2) is 0 Å². The zero-order valence-electron chi connectivity index (χ0n) is 37.9. The van der Waals surface area contributed by atoms with Gasteiger partial charge in [0.25, 0.3) is 40.5 Å². The third-order valence-electron chi connectivity index (χ3n) is 12.2. The van der Waals surface area contributed by atoms with Crippen LogP contribution in [0.15, 0.2) is 116 Å². The van der Waals surface area contributed by atoms with Crippen LogP contribution in [0.2, 0.25) is 0 Å². The number of amidine groups is 1. The summed E-state index contributed by atoms with van der Waals surface area (Å²) >= 11 is 6.60. The Morgan fingerprint density at radius 2 is 1.48 bits per heavy atom. The van der Waals surface area contributed by atoms with Crippen molar-refractivity contribution in [3.8, 4) is 5.75 Å². The molecule has 69 heavy (non-hydrogen) atoms. The molecular weight excluding hydrogens is 1010 g/mol. The summed E-state index contributed by atoms with van der Waals surface area (Å²) in [4.78, 5) is 7.42. The van der Waals surface area contributed by atoms with E-state index in [9.17, 15) is 57.0 Å². The van der Waals surface area contributed by atoms with E-state index >= 15 is 0 Å². The van der Waals surface area contributed by atoms with Gasteiger partial charge in [-0.3, -0.25) is 18.2 Å². The maximum atomic E-state index is 12.7. The summed E-state index contributed by atoms with van der Waals surface area (Å²) < 4.78 is 142. The third kappa shape index (κ3) is 13.8. The van der Waals surface area contributed by atoms with Crippen molar-refractivity contribution in [2.75, 3.05) is 42.7 Å². The van der Waals surface area contributed by atoms with Crippen molar-refractivity contribution in [1.29, 1.82) is 0 Å². The molecule has 0 aliphatic carbocycles. The second kappa shape index (κ2) is 22.1. The van der Waals surface area contributed by atoms with Gasteiger partial charge >= 0.3 is 29.6 Å². The summed E-state index contributed by atoms with van der Waals surface area (Å²) in [5.41, 5.74) is 2.35. The molecular formula is C46H57ClN3NaO14S4. The van der Waals surface area contributed by atoms with Crippen LogP contribution in [0.25, 0.3) is 16.3 Å². The minimum atomic E-state index is -5.01. The monoisotopic (exact) mass is 1060 g/mol. The summed E-state index contributed by atoms with van der Waals surface area (Å²) in [6, 6.07) is 11.8. The van der Waals surface area contributed by atoms with Crippen LogP contribution in [-0.2, 0) is 45.9 Å². The number of fused-ring (bicyclic) bond motifs is 4. The van der Waals surface area contributed by atoms with Gasteiger partial charge in [-0.2, -0.15) is 33.7 Å². The number of unbranched alkanes of at least 4 members (excludes halogenated alkanes) is 3. The number of aliphatic imine (C=N–C) groups is 1. The quantitative estimate of drug-likeness (QED) is 0.0314. The molecule has 1 atom stereocenters. The number of nitrogens with zero attached hydrogens (tertiary/aromatic N) is 3. The minimum absolute atomic E-state index is 0. The second-order valence-corrected chi connectivity index (χ2v) is 24.3. The van der Waals surface area contributed by atoms with Crippen LogP contribution in [-0.4, -0.2) is 141 Å². The van der Waals surface area contributed by atoms with Gasteiger partial charge in [-0.1, -0.05) is 75.7 Å². The van der Waals surface area contributed by atoms with E-state index in [2.05, 4.69) is 0 Å². The molecule has 3 heterocycles. The summed E-state index contributed by atoms with van der Waals surface area (Å²) in [6.45, 7) is 8.76. The first-order valence-corrected chi connectivity index (χ1v) is 28.2. The number of ether oxygens (including phenoxy) is 1. The van der Waals surface area contributed by atoms with Crippen LogP contribution in [0, 0.1) is 5.41 Å². The van der Waals surface area contributed by atoms with E-state index in [4.69, 9.17) is 21.3 Å². The Bertz CT molecular complexity index is 3110. The van der Waals surface area contributed by atoms with Gasteiger partial charge < -0.3 is 19.6 Å². The summed E-state index contributed by atoms with van der Waals surface area (Å²) in [6.07, 6.45) is 13.4. The number of aliphatic hydroxyl groups is 1. The molecule has 0 aromatic heterocycles. The molecule has 3 aliphatic heterocycles. The number of allylic oxidation sites excluding steroid dienone is 7. The van der Waals surface area contributed by atoms with Crippen LogP contribution in [0.3, 0.4) is 0 Å². The molecule has 0 fully saturated rings. The van der Waals surface area contributed by atoms with Crippen LogP contribution in [0.1, 0.15) is 77.3 Å². The van der Waals surface area contributed by atoms with Gasteiger partial charge in [0.1, 0.15) is 16.5 Å². The van der Waals surface area contributed by atoms with E-state index in [-0.39, 0.29) is 78.5 Å². The van der Waals surface area contributed by atoms with Gasteiger partial charge in [-0.15, -0.1) is 0 Å². The normalized spacial score (nSPS) is 18.8. The number of aliphatic hydroxyl groups excluding tert-OH is 1. The Hall–Kier alpha value is -3.42. The molecule has 372 valence electrons. The van der Waals surface area contributed by atoms with Crippen LogP contribution >= 0.6 is 11.6 Å². The van der Waals surface area contributed by atoms with Crippen LogP contribution in [0.5, 0.6) is 5.75 Å². The molecule has 0 saturated heterocycles. The molecule has 17 nitrogen and oxygen atoms in total. The average Bonchev–Trinajstić information content (AvgIpc) is 3.61. The second-order valence-electron chi connectivity index (χ2n) is 17.9. The molecule has 6 rings (SSSR count). The Labute approximate surface area is 431 Å². The summed E-state index contributed by atoms with van der Waals surface area (Å²) in [5.74, 6) is 0.338. The fourth-order valence-electron chi connectivity index (χ4n) is 8.84. The van der Waals surface area contributed by atoms with E-state index in [1.54, 1.807) is 12.3 Å². The van der Waals surface area contributed by atoms with Crippen LogP contribution < -0.4 is 9.64 Å². The number of hydrogen-bond donors (Lipinski definition) is 5. The zero-order chi connectivity index (χ0) is 50.0. The molecule has 0 radical (unpaired) electrons. The van der Waals surface area contributed by atoms with Crippen molar-refractivity contribution in [3.63, 3.8) is 0 Å². The van der Waals surface area contributed by atoms with Gasteiger partial charge in [0, 0.05) is 53.4 Å². The maximum absolute atomic E-state index is 12.7. The predicted octanol–water partition coefficient (Wildman–Crippen LogP) is 6.92. The van der Waals surface area contributed by atoms with Gasteiger partial charge in [-0.25, -0.2) is 4.99 Å². The molecule has 3 aromatic rings. The number of benzene rings is 3. The first-order chi connectivity index (χ1) is 31.6. The van der Waals surface area contributed by atoms with Crippen LogP contribution in [0.4, 0.5) is 5.69 Å². The molecule has 3 aliphatic rings. The molecule has 0 spiro atoms. The number of anilines is 1. The van der Waals surface area contributed by atoms with E-state index in [1.807, 2.05) is 92.1 Å². The summed E-state index contributed by atoms with van der Waals surface area (Å²) in [5, 5.41) is 9.90. The fraction of sp³-hybridized carbons (Fsp3) is 0.413. The molecule has 3 aromatic carbocycles. The number of hydrogen-bond acceptors (Lipinski definition) is 13. The fourth-order valence-corrected chi connectivity index (χ4v) is 11.5. The van der Waals surface area contributed by atoms with Crippen molar-refractivity contribution in [3.05, 3.63) is 113 Å². The van der Waals surface area contributed by atoms with E-state index in [0.29, 0.717) is 77.6 Å². The Balaban J connectivity index is 0.00000888. The molecule has 1 unspecified atom stereocenters. The average molecular weight is 1060 g/mol. The van der Waals surface area contributed by atoms with Crippen molar-refractivity contribution in [1.82, 2.24) is 4.90 Å². The third-order valence-corrected chi connectivity index (χ3v) is 15.8. The predicted molar refractivity (Wildman–Crippen MR) is 270 cm³/mol. The van der Waals surface area contributed by atoms with E-state index in [0.717, 1.165) is 17.2 Å². The number of halogens is 1.